The number of fused-ring (bicyclic) bond motifs is 4. The second kappa shape index (κ2) is 33.2. The average molecular weight is 1890 g/mol. The third-order valence-corrected chi connectivity index (χ3v) is 20.0. The lowest BCUT2D eigenvalue weighted by molar-refractivity contribution is -0.139. The van der Waals surface area contributed by atoms with Crippen molar-refractivity contribution in [1.82, 2.24) is 19.9 Å². The van der Waals surface area contributed by atoms with E-state index < -0.39 is 59.1 Å². The van der Waals surface area contributed by atoms with Gasteiger partial charge in [-0.15, -0.1) is 0 Å². The number of Topliss-reactive ketones (excluding diaryl/α,β-unsaturated/α-hetero) is 4. The summed E-state index contributed by atoms with van der Waals surface area (Å²) in [6, 6.07) is 49.8. The van der Waals surface area contributed by atoms with Crippen molar-refractivity contribution in [2.45, 2.75) is 49.4 Å². The van der Waals surface area contributed by atoms with Crippen molar-refractivity contribution < 1.29 is 63.2 Å². The fraction of sp³-hybridized carbons (Fsp3) is 0.111. The van der Waals surface area contributed by atoms with Gasteiger partial charge in [-0.25, -0.2) is 4.39 Å². The molecule has 488 valence electrons. The van der Waals surface area contributed by atoms with E-state index in [-0.39, 0.29) is 48.6 Å². The molecule has 0 saturated carbocycles. The molecule has 24 heteroatoms. The Bertz CT molecular complexity index is 4360. The molecule has 4 aromatic heterocycles. The molecule has 0 saturated heterocycles. The van der Waals surface area contributed by atoms with E-state index in [9.17, 15) is 63.2 Å². The van der Waals surface area contributed by atoms with E-state index in [4.69, 9.17) is 11.6 Å². The third-order valence-electron chi connectivity index (χ3n) is 15.7. The Labute approximate surface area is 623 Å². The minimum atomic E-state index is -1.11. The molecule has 8 aromatic carbocycles. The fourth-order valence-corrected chi connectivity index (χ4v) is 15.4. The van der Waals surface area contributed by atoms with Crippen LogP contribution in [0.25, 0.3) is 43.6 Å². The van der Waals surface area contributed by atoms with Crippen LogP contribution in [0.15, 0.2) is 204 Å². The van der Waals surface area contributed by atoms with Crippen molar-refractivity contribution in [3.63, 3.8) is 0 Å². The number of halogens is 8. The molecule has 0 aliphatic carbocycles. The molecule has 96 heavy (non-hydrogen) atoms. The molecule has 4 heterocycles. The van der Waals surface area contributed by atoms with E-state index in [1.165, 1.54) is 12.1 Å². The summed E-state index contributed by atoms with van der Waals surface area (Å²) in [7, 11) is 0. The van der Waals surface area contributed by atoms with Crippen molar-refractivity contribution in [3.8, 4) is 0 Å². The highest BCUT2D eigenvalue weighted by molar-refractivity contribution is 14.1. The number of hydrogen-bond acceptors (Lipinski definition) is 8. The number of nitrogens with one attached hydrogen (secondary N) is 4. The first-order valence-electron chi connectivity index (χ1n) is 29.0. The van der Waals surface area contributed by atoms with Gasteiger partial charge >= 0.3 is 23.9 Å². The van der Waals surface area contributed by atoms with Crippen molar-refractivity contribution in [2.75, 3.05) is 0 Å². The lowest BCUT2D eigenvalue weighted by atomic mass is 9.91. The largest absolute Gasteiger partial charge is 0.481 e. The van der Waals surface area contributed by atoms with Gasteiger partial charge in [-0.1, -0.05) is 116 Å². The molecular formula is C72H52Br2ClFI4N4O12. The van der Waals surface area contributed by atoms with Crippen LogP contribution in [0.3, 0.4) is 0 Å². The maximum Gasteiger partial charge on any atom is 0.311 e. The Morgan fingerprint density at radius 2 is 0.688 bits per heavy atom. The molecule has 0 radical (unpaired) electrons. The predicted octanol–water partition coefficient (Wildman–Crippen LogP) is 19.2. The summed E-state index contributed by atoms with van der Waals surface area (Å²) < 4.78 is 18.9. The quantitative estimate of drug-likeness (QED) is 0.0261. The molecule has 0 spiro atoms. The van der Waals surface area contributed by atoms with Gasteiger partial charge in [0.2, 0.25) is 0 Å². The molecule has 4 atom stereocenters. The molecule has 16 nitrogen and oxygen atoms in total. The number of rotatable bonds is 20. The summed E-state index contributed by atoms with van der Waals surface area (Å²) >= 11 is 21.2. The van der Waals surface area contributed by atoms with Crippen LogP contribution in [-0.4, -0.2) is 87.4 Å². The van der Waals surface area contributed by atoms with Crippen LogP contribution in [-0.2, 0) is 19.2 Å². The molecule has 0 fully saturated rings. The molecule has 12 aromatic rings. The summed E-state index contributed by atoms with van der Waals surface area (Å²) in [6.07, 6.45) is 6.02. The molecule has 4 unspecified atom stereocenters. The lowest BCUT2D eigenvalue weighted by Crippen LogP contribution is -2.17. The predicted molar refractivity (Wildman–Crippen MR) is 407 cm³/mol. The van der Waals surface area contributed by atoms with Gasteiger partial charge in [0.1, 0.15) is 5.82 Å². The van der Waals surface area contributed by atoms with Gasteiger partial charge in [-0.2, -0.15) is 0 Å². The van der Waals surface area contributed by atoms with Gasteiger partial charge in [-0.3, -0.25) is 38.4 Å². The number of benzene rings is 8. The minimum Gasteiger partial charge on any atom is -0.481 e. The Balaban J connectivity index is 0.000000150. The van der Waals surface area contributed by atoms with E-state index in [2.05, 4.69) is 120 Å². The van der Waals surface area contributed by atoms with Crippen LogP contribution in [0, 0.1) is 20.1 Å². The molecule has 0 aliphatic rings. The SMILES string of the molecule is O=C(CC(C(=O)O)c1c[nH]c2ccccc12)c1ccc(Br)cc1I.O=C(CC(C(=O)O)c1c[nH]c2ccccc12)c1ccc(I)cc1Br.O=C(CC(C(=O)O)c1c[nH]c2ccccc12)c1ccc(I)cc1Cl.O=C(CC(C(=O)O)c1c[nH]c2ccccc12)c1ccc(I)cc1F. The summed E-state index contributed by atoms with van der Waals surface area (Å²) in [4.78, 5) is 109. The molecule has 0 aliphatic heterocycles. The number of carboxylic acid groups (broad SMARTS) is 4. The standard InChI is InChI=1S/2C18H13BrINO3.C18H13ClINO3.C18H13FINO3/c19-15-7-10(20)5-6-12(15)17(22)8-13(18(23)24)14-9-21-16-4-2-1-3-11(14)16;19-10-5-6-12(15(20)7-10)17(22)8-13(18(23)24)14-9-21-16-4-2-1-3-11(14)16;2*19-15-7-10(20)5-6-12(15)17(22)8-13(18(23)24)14-9-21-16-4-2-1-3-11(14)16/h4*1-7,9,13,21H,8H2,(H,23,24). The van der Waals surface area contributed by atoms with E-state index in [1.54, 1.807) is 79.4 Å². The number of aliphatic carboxylic acids is 4. The second-order valence-corrected chi connectivity index (χ2v) is 28.8. The van der Waals surface area contributed by atoms with Crippen molar-refractivity contribution in [2.24, 2.45) is 0 Å². The summed E-state index contributed by atoms with van der Waals surface area (Å²) in [5.41, 5.74) is 7.09. The number of aromatic nitrogens is 4. The zero-order valence-electron chi connectivity index (χ0n) is 49.7. The van der Waals surface area contributed by atoms with Crippen LogP contribution in [0.4, 0.5) is 4.39 Å². The zero-order valence-corrected chi connectivity index (χ0v) is 62.2. The van der Waals surface area contributed by atoms with Crippen LogP contribution < -0.4 is 0 Å². The first-order valence-corrected chi connectivity index (χ1v) is 35.2. The highest BCUT2D eigenvalue weighted by atomic mass is 127. The molecule has 0 bridgehead atoms. The Kier molecular flexibility index (Phi) is 25.2. The van der Waals surface area contributed by atoms with E-state index in [0.29, 0.717) is 52.0 Å². The number of ketones is 4. The second-order valence-electron chi connectivity index (χ2n) is 21.7. The first kappa shape index (κ1) is 72.8. The maximum atomic E-state index is 14.0. The van der Waals surface area contributed by atoms with Crippen LogP contribution in [0.1, 0.15) is 113 Å². The molecule has 0 amide bonds. The van der Waals surface area contributed by atoms with Crippen LogP contribution in [0.5, 0.6) is 0 Å². The topological polar surface area (TPSA) is 281 Å². The first-order chi connectivity index (χ1) is 45.9. The molecular weight excluding hydrogens is 1830 g/mol. The maximum absolute atomic E-state index is 14.0. The smallest absolute Gasteiger partial charge is 0.311 e. The Morgan fingerprint density at radius 1 is 0.385 bits per heavy atom. The normalized spacial score (nSPS) is 12.2. The number of carbonyl (C=O) groups excluding carboxylic acids is 4. The van der Waals surface area contributed by atoms with E-state index in [0.717, 1.165) is 58.8 Å². The van der Waals surface area contributed by atoms with Crippen LogP contribution >= 0.6 is 134 Å². The number of aromatic amines is 4. The summed E-state index contributed by atoms with van der Waals surface area (Å²) in [6.45, 7) is 0. The van der Waals surface area contributed by atoms with Crippen molar-refractivity contribution >= 4 is 224 Å². The van der Waals surface area contributed by atoms with Gasteiger partial charge in [-0.05, 0) is 210 Å². The average Bonchev–Trinajstić information content (AvgIpc) is 1.71. The number of carboxylic acids is 4. The lowest BCUT2D eigenvalue weighted by Gasteiger charge is -2.12. The summed E-state index contributed by atoms with van der Waals surface area (Å²) in [5.74, 6) is -9.70. The fourth-order valence-electron chi connectivity index (χ4n) is 10.9. The zero-order chi connectivity index (χ0) is 69.1. The van der Waals surface area contributed by atoms with Crippen molar-refractivity contribution in [1.29, 1.82) is 0 Å². The number of hydrogen-bond donors (Lipinski definition) is 8. The number of H-pyrrole nitrogens is 4. The van der Waals surface area contributed by atoms with Gasteiger partial charge in [0.15, 0.2) is 23.1 Å². The van der Waals surface area contributed by atoms with E-state index in [1.807, 2.05) is 126 Å². The van der Waals surface area contributed by atoms with Gasteiger partial charge in [0.05, 0.1) is 34.3 Å². The minimum absolute atomic E-state index is 0.0746. The number of para-hydroxylation sites is 4. The highest BCUT2D eigenvalue weighted by Crippen LogP contribution is 2.36. The number of carbonyl (C=O) groups is 8. The molecule has 8 N–H and O–H groups in total. The third kappa shape index (κ3) is 17.8. The van der Waals surface area contributed by atoms with Gasteiger partial charge in [0.25, 0.3) is 0 Å². The Morgan fingerprint density at radius 3 is 1.03 bits per heavy atom. The summed E-state index contributed by atoms with van der Waals surface area (Å²) in [5, 5.41) is 42.0. The molecule has 12 rings (SSSR count). The monoisotopic (exact) mass is 1880 g/mol. The van der Waals surface area contributed by atoms with Crippen molar-refractivity contribution in [3.05, 3.63) is 273 Å². The van der Waals surface area contributed by atoms with Crippen LogP contribution in [0.2, 0.25) is 5.02 Å². The van der Waals surface area contributed by atoms with E-state index >= 15 is 0 Å². The highest BCUT2D eigenvalue weighted by Gasteiger charge is 2.31. The van der Waals surface area contributed by atoms with Gasteiger partial charge in [0, 0.05) is 134 Å². The van der Waals surface area contributed by atoms with Gasteiger partial charge < -0.3 is 40.4 Å². The Hall–Kier alpha value is -7.42.